The van der Waals surface area contributed by atoms with Crippen LogP contribution in [0.25, 0.3) is 0 Å². The van der Waals surface area contributed by atoms with Crippen molar-refractivity contribution in [1.29, 1.82) is 0 Å². The van der Waals surface area contributed by atoms with Gasteiger partial charge in [0.1, 0.15) is 6.10 Å². The molecule has 0 aliphatic carbocycles. The van der Waals surface area contributed by atoms with E-state index < -0.39 is 0 Å². The molecule has 4 heteroatoms. The molecule has 3 N–H and O–H groups in total. The van der Waals surface area contributed by atoms with Crippen LogP contribution in [-0.4, -0.2) is 21.4 Å². The van der Waals surface area contributed by atoms with Crippen LogP contribution in [0.4, 0.5) is 0 Å². The maximum Gasteiger partial charge on any atom is 0.164 e. The summed E-state index contributed by atoms with van der Waals surface area (Å²) in [5.41, 5.74) is 1.78. The van der Waals surface area contributed by atoms with Crippen LogP contribution in [0.2, 0.25) is 0 Å². The maximum absolute atomic E-state index is 10.1. The highest BCUT2D eigenvalue weighted by atomic mass is 16.5. The monoisotopic (exact) mass is 328 g/mol. The molecule has 0 saturated heterocycles. The van der Waals surface area contributed by atoms with Gasteiger partial charge in [-0.2, -0.15) is 0 Å². The van der Waals surface area contributed by atoms with Crippen LogP contribution < -0.4 is 4.74 Å². The smallest absolute Gasteiger partial charge is 0.164 e. The van der Waals surface area contributed by atoms with Gasteiger partial charge in [0.05, 0.1) is 0 Å². The molecule has 2 unspecified atom stereocenters. The normalized spacial score (nSPS) is 19.5. The van der Waals surface area contributed by atoms with Crippen LogP contribution in [-0.2, 0) is 12.8 Å². The molecule has 0 saturated carbocycles. The first kappa shape index (κ1) is 16.5. The lowest BCUT2D eigenvalue weighted by Crippen LogP contribution is -2.33. The van der Waals surface area contributed by atoms with Crippen LogP contribution in [0.3, 0.4) is 0 Å². The number of phenolic OH excluding ortho intramolecular Hbond substituents is 3. The Balaban J connectivity index is 1.77. The van der Waals surface area contributed by atoms with Crippen LogP contribution in [0.5, 0.6) is 23.0 Å². The molecular weight excluding hydrogens is 304 g/mol. The molecule has 2 aromatic rings. The predicted octanol–water partition coefficient (Wildman–Crippen LogP) is 4.16. The summed E-state index contributed by atoms with van der Waals surface area (Å²) in [6.07, 6.45) is 4.38. The molecule has 1 aliphatic rings. The fourth-order valence-corrected chi connectivity index (χ4v) is 3.56. The lowest BCUT2D eigenvalue weighted by Gasteiger charge is -2.34. The Kier molecular flexibility index (Phi) is 4.84. The van der Waals surface area contributed by atoms with Crippen LogP contribution >= 0.6 is 0 Å². The van der Waals surface area contributed by atoms with Crippen molar-refractivity contribution in [3.8, 4) is 23.0 Å². The summed E-state index contributed by atoms with van der Waals surface area (Å²) in [4.78, 5) is 0. The van der Waals surface area contributed by atoms with Crippen molar-refractivity contribution in [3.05, 3.63) is 47.5 Å². The topological polar surface area (TPSA) is 69.9 Å². The summed E-state index contributed by atoms with van der Waals surface area (Å²) in [6, 6.07) is 10.5. The molecule has 0 amide bonds. The van der Waals surface area contributed by atoms with Crippen molar-refractivity contribution in [3.63, 3.8) is 0 Å². The highest BCUT2D eigenvalue weighted by Gasteiger charge is 2.30. The van der Waals surface area contributed by atoms with Gasteiger partial charge in [0.2, 0.25) is 0 Å². The lowest BCUT2D eigenvalue weighted by molar-refractivity contribution is 0.0946. The summed E-state index contributed by atoms with van der Waals surface area (Å²) in [7, 11) is 0. The second-order valence-electron chi connectivity index (χ2n) is 6.50. The molecule has 4 nitrogen and oxygen atoms in total. The second-order valence-corrected chi connectivity index (χ2v) is 6.50. The number of hydrogen-bond acceptors (Lipinski definition) is 4. The van der Waals surface area contributed by atoms with Gasteiger partial charge in [-0.05, 0) is 48.9 Å². The van der Waals surface area contributed by atoms with E-state index in [1.54, 1.807) is 12.1 Å². The number of hydrogen-bond donors (Lipinski definition) is 3. The molecule has 2 aromatic carbocycles. The van der Waals surface area contributed by atoms with E-state index in [2.05, 4.69) is 6.92 Å². The predicted molar refractivity (Wildman–Crippen MR) is 92.7 cm³/mol. The van der Waals surface area contributed by atoms with Crippen LogP contribution in [0.1, 0.15) is 37.3 Å². The summed E-state index contributed by atoms with van der Waals surface area (Å²) in [6.45, 7) is 2.16. The van der Waals surface area contributed by atoms with E-state index in [1.807, 2.05) is 18.2 Å². The first-order valence-electron chi connectivity index (χ1n) is 8.57. The highest BCUT2D eigenvalue weighted by molar-refractivity contribution is 5.47. The Morgan fingerprint density at radius 2 is 1.75 bits per heavy atom. The van der Waals surface area contributed by atoms with Crippen molar-refractivity contribution in [2.75, 3.05) is 0 Å². The summed E-state index contributed by atoms with van der Waals surface area (Å²) < 4.78 is 6.13. The third-order valence-corrected chi connectivity index (χ3v) is 4.81. The molecule has 1 aliphatic heterocycles. The van der Waals surface area contributed by atoms with E-state index in [-0.39, 0.29) is 23.4 Å². The maximum atomic E-state index is 10.1. The number of para-hydroxylation sites is 2. The van der Waals surface area contributed by atoms with Gasteiger partial charge in [0.25, 0.3) is 0 Å². The van der Waals surface area contributed by atoms with Crippen LogP contribution in [0, 0.1) is 5.92 Å². The molecule has 2 atom stereocenters. The van der Waals surface area contributed by atoms with Crippen molar-refractivity contribution >= 4 is 0 Å². The first-order valence-corrected chi connectivity index (χ1v) is 8.57. The fourth-order valence-electron chi connectivity index (χ4n) is 3.56. The zero-order valence-corrected chi connectivity index (χ0v) is 13.9. The minimum atomic E-state index is -0.0924. The average Bonchev–Trinajstić information content (AvgIpc) is 2.57. The third-order valence-electron chi connectivity index (χ3n) is 4.81. The van der Waals surface area contributed by atoms with E-state index in [4.69, 9.17) is 4.74 Å². The summed E-state index contributed by atoms with van der Waals surface area (Å²) in [5, 5.41) is 29.7. The van der Waals surface area contributed by atoms with Gasteiger partial charge in [-0.15, -0.1) is 0 Å². The van der Waals surface area contributed by atoms with Gasteiger partial charge < -0.3 is 20.1 Å². The lowest BCUT2D eigenvalue weighted by atomic mass is 9.84. The molecular formula is C20H24O4. The zero-order chi connectivity index (χ0) is 17.1. The minimum Gasteiger partial charge on any atom is -0.504 e. The Morgan fingerprint density at radius 1 is 1.00 bits per heavy atom. The molecule has 0 fully saturated rings. The standard InChI is InChI=1S/C20H24O4/c1-2-5-14-12-15-7-4-9-17(22)20(15)24-18(14)11-10-13-6-3-8-16(21)19(13)23/h3-4,6-9,14,18,21-23H,2,5,10-12H2,1H3. The molecule has 128 valence electrons. The largest absolute Gasteiger partial charge is 0.504 e. The van der Waals surface area contributed by atoms with E-state index in [0.29, 0.717) is 18.1 Å². The van der Waals surface area contributed by atoms with E-state index in [0.717, 1.165) is 36.8 Å². The van der Waals surface area contributed by atoms with Crippen LogP contribution in [0.15, 0.2) is 36.4 Å². The first-order chi connectivity index (χ1) is 11.6. The second kappa shape index (κ2) is 7.04. The fraction of sp³-hybridized carbons (Fsp3) is 0.400. The van der Waals surface area contributed by atoms with Gasteiger partial charge in [0.15, 0.2) is 23.0 Å². The van der Waals surface area contributed by atoms with Gasteiger partial charge in [-0.3, -0.25) is 0 Å². The van der Waals surface area contributed by atoms with E-state index >= 15 is 0 Å². The third kappa shape index (κ3) is 3.28. The molecule has 0 bridgehead atoms. The Bertz CT molecular complexity index is 711. The quantitative estimate of drug-likeness (QED) is 0.721. The van der Waals surface area contributed by atoms with E-state index in [9.17, 15) is 15.3 Å². The summed E-state index contributed by atoms with van der Waals surface area (Å²) in [5.74, 6) is 1.03. The van der Waals surface area contributed by atoms with Crippen molar-refractivity contribution in [1.82, 2.24) is 0 Å². The number of benzene rings is 2. The number of fused-ring (bicyclic) bond motifs is 1. The minimum absolute atomic E-state index is 0.00695. The Labute approximate surface area is 142 Å². The number of phenols is 3. The number of aryl methyl sites for hydroxylation is 1. The van der Waals surface area contributed by atoms with Crippen molar-refractivity contribution in [2.45, 2.75) is 45.1 Å². The van der Waals surface area contributed by atoms with Gasteiger partial charge in [-0.1, -0.05) is 37.6 Å². The molecule has 0 aromatic heterocycles. The molecule has 1 heterocycles. The zero-order valence-electron chi connectivity index (χ0n) is 13.9. The van der Waals surface area contributed by atoms with Gasteiger partial charge in [0, 0.05) is 5.92 Å². The van der Waals surface area contributed by atoms with Gasteiger partial charge >= 0.3 is 0 Å². The summed E-state index contributed by atoms with van der Waals surface area (Å²) >= 11 is 0. The average molecular weight is 328 g/mol. The molecule has 24 heavy (non-hydrogen) atoms. The number of aromatic hydroxyl groups is 3. The Hall–Kier alpha value is -2.36. The molecule has 3 rings (SSSR count). The Morgan fingerprint density at radius 3 is 2.54 bits per heavy atom. The van der Waals surface area contributed by atoms with Crippen molar-refractivity contribution in [2.24, 2.45) is 5.92 Å². The number of rotatable bonds is 5. The SMILES string of the molecule is CCCC1Cc2cccc(O)c2OC1CCc1cccc(O)c1O. The molecule has 0 spiro atoms. The highest BCUT2D eigenvalue weighted by Crippen LogP contribution is 2.40. The molecule has 0 radical (unpaired) electrons. The van der Waals surface area contributed by atoms with Crippen molar-refractivity contribution < 1.29 is 20.1 Å². The number of ether oxygens (including phenoxy) is 1. The van der Waals surface area contributed by atoms with Gasteiger partial charge in [-0.25, -0.2) is 0 Å². The van der Waals surface area contributed by atoms with E-state index in [1.165, 1.54) is 6.07 Å².